The Morgan fingerprint density at radius 1 is 1.20 bits per heavy atom. The fourth-order valence-electron chi connectivity index (χ4n) is 2.65. The average molecular weight is 397 g/mol. The lowest BCUT2D eigenvalue weighted by Gasteiger charge is -2.11. The zero-order valence-corrected chi connectivity index (χ0v) is 15.5. The lowest BCUT2D eigenvalue weighted by molar-refractivity contribution is 0.0955. The number of halogens is 1. The van der Waals surface area contributed by atoms with E-state index in [2.05, 4.69) is 42.1 Å². The summed E-state index contributed by atoms with van der Waals surface area (Å²) >= 11 is 3.59. The van der Waals surface area contributed by atoms with Gasteiger partial charge in [0.05, 0.1) is 11.9 Å². The highest BCUT2D eigenvalue weighted by Gasteiger charge is 2.11. The van der Waals surface area contributed by atoms with Crippen LogP contribution in [0, 0.1) is 13.8 Å². The highest BCUT2D eigenvalue weighted by Crippen LogP contribution is 2.25. The molecule has 1 amide bonds. The Kier molecular flexibility index (Phi) is 5.09. The highest BCUT2D eigenvalue weighted by molar-refractivity contribution is 9.10. The van der Waals surface area contributed by atoms with Crippen molar-refractivity contribution in [3.63, 3.8) is 0 Å². The summed E-state index contributed by atoms with van der Waals surface area (Å²) < 4.78 is 3.17. The Balaban J connectivity index is 1.82. The minimum Gasteiger partial charge on any atom is -0.317 e. The van der Waals surface area contributed by atoms with Crippen molar-refractivity contribution < 1.29 is 4.79 Å². The number of aryl methyl sites for hydroxylation is 1. The molecule has 0 saturated heterocycles. The summed E-state index contributed by atoms with van der Waals surface area (Å²) in [4.78, 5) is 15.9. The van der Waals surface area contributed by atoms with E-state index in [1.807, 2.05) is 38.1 Å². The molecule has 0 aliphatic rings. The van der Waals surface area contributed by atoms with Crippen LogP contribution in [-0.2, 0) is 0 Å². The molecule has 0 aliphatic carbocycles. The number of pyridine rings is 1. The first-order valence-electron chi connectivity index (χ1n) is 7.75. The third-order valence-electron chi connectivity index (χ3n) is 3.88. The summed E-state index contributed by atoms with van der Waals surface area (Å²) in [6.45, 7) is 4.07. The van der Waals surface area contributed by atoms with Gasteiger partial charge < -0.3 is 4.57 Å². The number of amides is 1. The predicted octanol–water partition coefficient (Wildman–Crippen LogP) is 4.02. The van der Waals surface area contributed by atoms with Crippen LogP contribution in [0.1, 0.15) is 27.3 Å². The molecule has 0 spiro atoms. The van der Waals surface area contributed by atoms with Crippen LogP contribution in [0.4, 0.5) is 0 Å². The molecule has 0 saturated carbocycles. The second-order valence-corrected chi connectivity index (χ2v) is 6.40. The fraction of sp³-hybridized carbons (Fsp3) is 0.105. The van der Waals surface area contributed by atoms with Gasteiger partial charge in [-0.25, -0.2) is 5.43 Å². The highest BCUT2D eigenvalue weighted by atomic mass is 79.9. The fourth-order valence-corrected chi connectivity index (χ4v) is 3.11. The van der Waals surface area contributed by atoms with Crippen LogP contribution in [-0.4, -0.2) is 21.7 Å². The Morgan fingerprint density at radius 3 is 2.64 bits per heavy atom. The van der Waals surface area contributed by atoms with Crippen molar-refractivity contribution in [1.29, 1.82) is 0 Å². The van der Waals surface area contributed by atoms with Gasteiger partial charge in [0.25, 0.3) is 5.91 Å². The third-order valence-corrected chi connectivity index (χ3v) is 4.55. The van der Waals surface area contributed by atoms with Gasteiger partial charge in [0.2, 0.25) is 0 Å². The zero-order chi connectivity index (χ0) is 17.8. The maximum absolute atomic E-state index is 12.0. The van der Waals surface area contributed by atoms with Crippen molar-refractivity contribution in [2.75, 3.05) is 0 Å². The van der Waals surface area contributed by atoms with Gasteiger partial charge in [0.15, 0.2) is 0 Å². The number of nitrogens with one attached hydrogen (secondary N) is 1. The van der Waals surface area contributed by atoms with Crippen molar-refractivity contribution in [3.05, 3.63) is 81.8 Å². The van der Waals surface area contributed by atoms with E-state index >= 15 is 0 Å². The lowest BCUT2D eigenvalue weighted by atomic mass is 10.2. The van der Waals surface area contributed by atoms with Crippen LogP contribution >= 0.6 is 15.9 Å². The molecule has 25 heavy (non-hydrogen) atoms. The van der Waals surface area contributed by atoms with E-state index in [4.69, 9.17) is 0 Å². The van der Waals surface area contributed by atoms with E-state index in [0.717, 1.165) is 27.1 Å². The minimum absolute atomic E-state index is 0.265. The molecular formula is C19H17BrN4O. The molecule has 0 aliphatic heterocycles. The quantitative estimate of drug-likeness (QED) is 0.534. The third kappa shape index (κ3) is 3.69. The molecule has 1 N–H and O–H groups in total. The van der Waals surface area contributed by atoms with Gasteiger partial charge in [0, 0.05) is 39.4 Å². The Labute approximate surface area is 154 Å². The van der Waals surface area contributed by atoms with Crippen LogP contribution in [0.25, 0.3) is 5.69 Å². The second-order valence-electron chi connectivity index (χ2n) is 5.55. The Hall–Kier alpha value is -2.73. The van der Waals surface area contributed by atoms with Gasteiger partial charge in [0.1, 0.15) is 0 Å². The number of carbonyl (C=O) groups is 1. The molecule has 6 heteroatoms. The molecule has 1 aromatic carbocycles. The molecule has 2 aromatic heterocycles. The lowest BCUT2D eigenvalue weighted by Crippen LogP contribution is -2.17. The first kappa shape index (κ1) is 17.1. The summed E-state index contributed by atoms with van der Waals surface area (Å²) in [5.41, 5.74) is 7.21. The Morgan fingerprint density at radius 2 is 1.92 bits per heavy atom. The van der Waals surface area contributed by atoms with E-state index in [9.17, 15) is 4.79 Å². The summed E-state index contributed by atoms with van der Waals surface area (Å²) in [5, 5.41) is 4.08. The zero-order valence-electron chi connectivity index (χ0n) is 13.9. The smallest absolute Gasteiger partial charge is 0.271 e. The van der Waals surface area contributed by atoms with E-state index in [0.29, 0.717) is 5.56 Å². The summed E-state index contributed by atoms with van der Waals surface area (Å²) in [6, 6.07) is 13.4. The molecule has 0 unspecified atom stereocenters. The topological polar surface area (TPSA) is 59.3 Å². The molecule has 3 aromatic rings. The minimum atomic E-state index is -0.265. The van der Waals surface area contributed by atoms with Gasteiger partial charge in [-0.05, 0) is 60.1 Å². The van der Waals surface area contributed by atoms with Crippen LogP contribution in [0.15, 0.2) is 64.4 Å². The molecule has 0 fully saturated rings. The van der Waals surface area contributed by atoms with Crippen LogP contribution in [0.2, 0.25) is 0 Å². The summed E-state index contributed by atoms with van der Waals surface area (Å²) in [6.07, 6.45) is 4.81. The Bertz CT molecular complexity index is 932. The molecular weight excluding hydrogens is 380 g/mol. The van der Waals surface area contributed by atoms with Gasteiger partial charge in [-0.3, -0.25) is 9.78 Å². The number of hydrogen-bond acceptors (Lipinski definition) is 3. The monoisotopic (exact) mass is 396 g/mol. The standard InChI is InChI=1S/C19H17BrN4O/c1-13-11-16(12-22-23-19(25)15-7-9-21-10-8-15)14(2)24(13)18-6-4-3-5-17(18)20/h3-12H,1-2H3,(H,23,25)/b22-12-. The van der Waals surface area contributed by atoms with Crippen LogP contribution < -0.4 is 5.43 Å². The van der Waals surface area contributed by atoms with Gasteiger partial charge in [-0.15, -0.1) is 0 Å². The van der Waals surface area contributed by atoms with E-state index in [1.165, 1.54) is 0 Å². The van der Waals surface area contributed by atoms with Crippen LogP contribution in [0.3, 0.4) is 0 Å². The van der Waals surface area contributed by atoms with E-state index in [1.54, 1.807) is 30.7 Å². The molecule has 3 rings (SSSR count). The molecule has 126 valence electrons. The van der Waals surface area contributed by atoms with E-state index < -0.39 is 0 Å². The number of para-hydroxylation sites is 1. The molecule has 5 nitrogen and oxygen atoms in total. The van der Waals surface area contributed by atoms with Crippen molar-refractivity contribution in [2.45, 2.75) is 13.8 Å². The van der Waals surface area contributed by atoms with Crippen molar-refractivity contribution in [1.82, 2.24) is 15.0 Å². The van der Waals surface area contributed by atoms with Crippen molar-refractivity contribution >= 4 is 28.1 Å². The number of hydrogen-bond donors (Lipinski definition) is 1. The second kappa shape index (κ2) is 7.44. The van der Waals surface area contributed by atoms with Crippen molar-refractivity contribution in [3.8, 4) is 5.69 Å². The summed E-state index contributed by atoms with van der Waals surface area (Å²) in [7, 11) is 0. The first-order chi connectivity index (χ1) is 12.1. The summed E-state index contributed by atoms with van der Waals surface area (Å²) in [5.74, 6) is -0.265. The molecule has 2 heterocycles. The maximum Gasteiger partial charge on any atom is 0.271 e. The SMILES string of the molecule is Cc1cc(/C=N\NC(=O)c2ccncc2)c(C)n1-c1ccccc1Br. The average Bonchev–Trinajstić information content (AvgIpc) is 2.90. The number of aromatic nitrogens is 2. The van der Waals surface area contributed by atoms with Crippen molar-refractivity contribution in [2.24, 2.45) is 5.10 Å². The molecule has 0 atom stereocenters. The van der Waals surface area contributed by atoms with Gasteiger partial charge >= 0.3 is 0 Å². The van der Waals surface area contributed by atoms with E-state index in [-0.39, 0.29) is 5.91 Å². The van der Waals surface area contributed by atoms with Gasteiger partial charge in [-0.2, -0.15) is 5.10 Å². The normalized spacial score (nSPS) is 11.0. The number of nitrogens with zero attached hydrogens (tertiary/aromatic N) is 3. The first-order valence-corrected chi connectivity index (χ1v) is 8.54. The number of rotatable bonds is 4. The van der Waals surface area contributed by atoms with Crippen LogP contribution in [0.5, 0.6) is 0 Å². The maximum atomic E-state index is 12.0. The number of benzene rings is 1. The number of carbonyl (C=O) groups excluding carboxylic acids is 1. The molecule has 0 bridgehead atoms. The number of hydrazone groups is 1. The predicted molar refractivity (Wildman–Crippen MR) is 102 cm³/mol. The largest absolute Gasteiger partial charge is 0.317 e. The van der Waals surface area contributed by atoms with Gasteiger partial charge in [-0.1, -0.05) is 12.1 Å². The molecule has 0 radical (unpaired) electrons.